The van der Waals surface area contributed by atoms with Crippen LogP contribution < -0.4 is 0 Å². The molecule has 0 atom stereocenters. The van der Waals surface area contributed by atoms with E-state index < -0.39 is 34.2 Å². The van der Waals surface area contributed by atoms with E-state index in [4.69, 9.17) is 16.9 Å². The predicted octanol–water partition coefficient (Wildman–Crippen LogP) is 2.65. The minimum atomic E-state index is -2.89. The van der Waals surface area contributed by atoms with Crippen molar-refractivity contribution in [2.75, 3.05) is 0 Å². The maximum Gasteiger partial charge on any atom is 0.310 e. The normalized spacial score (nSPS) is 10.2. The van der Waals surface area contributed by atoms with E-state index in [1.54, 1.807) is 6.07 Å². The van der Waals surface area contributed by atoms with Gasteiger partial charge in [0.2, 0.25) is 0 Å². The second-order valence-electron chi connectivity index (χ2n) is 2.72. The molecule has 0 fully saturated rings. The summed E-state index contributed by atoms with van der Waals surface area (Å²) in [6, 6.07) is 2.33. The highest BCUT2D eigenvalue weighted by atomic mass is 35.5. The van der Waals surface area contributed by atoms with Gasteiger partial charge < -0.3 is 0 Å². The van der Waals surface area contributed by atoms with Gasteiger partial charge in [0.1, 0.15) is 16.4 Å². The Kier molecular flexibility index (Phi) is 3.68. The third-order valence-corrected chi connectivity index (χ3v) is 1.98. The molecule has 0 bridgehead atoms. The van der Waals surface area contributed by atoms with E-state index in [0.717, 1.165) is 6.07 Å². The number of hydrogen-bond acceptors (Lipinski definition) is 4. The Morgan fingerprint density at radius 1 is 1.69 bits per heavy atom. The maximum absolute atomic E-state index is 12.3. The highest BCUT2D eigenvalue weighted by Crippen LogP contribution is 2.31. The molecule has 0 amide bonds. The number of halogens is 3. The van der Waals surface area contributed by atoms with Gasteiger partial charge in [0.25, 0.3) is 6.43 Å². The molecule has 0 saturated heterocycles. The molecule has 0 radical (unpaired) electrons. The third-order valence-electron chi connectivity index (χ3n) is 1.69. The summed E-state index contributed by atoms with van der Waals surface area (Å²) in [5.74, 6) is 0. The highest BCUT2D eigenvalue weighted by Gasteiger charge is 2.24. The summed E-state index contributed by atoms with van der Waals surface area (Å²) < 4.78 is 24.7. The Bertz CT molecular complexity index is 473. The van der Waals surface area contributed by atoms with Crippen LogP contribution in [0.25, 0.3) is 0 Å². The molecule has 1 heterocycles. The van der Waals surface area contributed by atoms with Crippen LogP contribution in [0.15, 0.2) is 6.07 Å². The summed E-state index contributed by atoms with van der Waals surface area (Å²) in [6.07, 6.45) is -3.34. The fraction of sp³-hybridized carbons (Fsp3) is 0.250. The van der Waals surface area contributed by atoms with Crippen molar-refractivity contribution in [3.63, 3.8) is 0 Å². The molecule has 0 aliphatic carbocycles. The highest BCUT2D eigenvalue weighted by molar-refractivity contribution is 6.32. The van der Waals surface area contributed by atoms with Crippen molar-refractivity contribution < 1.29 is 13.7 Å². The van der Waals surface area contributed by atoms with Gasteiger partial charge in [-0.05, 0) is 6.07 Å². The van der Waals surface area contributed by atoms with E-state index in [0.29, 0.717) is 0 Å². The summed E-state index contributed by atoms with van der Waals surface area (Å²) in [6.45, 7) is 0. The first kappa shape index (κ1) is 12.3. The third kappa shape index (κ3) is 2.41. The largest absolute Gasteiger partial charge is 0.310 e. The minimum absolute atomic E-state index is 0.352. The van der Waals surface area contributed by atoms with Crippen molar-refractivity contribution >= 4 is 17.3 Å². The number of pyridine rings is 1. The molecule has 0 aromatic carbocycles. The summed E-state index contributed by atoms with van der Waals surface area (Å²) >= 11 is 5.48. The van der Waals surface area contributed by atoms with Crippen LogP contribution in [0.4, 0.5) is 14.5 Å². The topological polar surface area (TPSA) is 79.8 Å². The molecular formula is C8H4ClF2N3O2. The number of hydrogen-bond donors (Lipinski definition) is 0. The summed E-state index contributed by atoms with van der Waals surface area (Å²) in [7, 11) is 0. The molecule has 8 heteroatoms. The molecule has 0 N–H and O–H groups in total. The van der Waals surface area contributed by atoms with Gasteiger partial charge in [-0.1, -0.05) is 11.6 Å². The van der Waals surface area contributed by atoms with Crippen molar-refractivity contribution in [2.24, 2.45) is 0 Å². The molecule has 0 aliphatic rings. The zero-order valence-electron chi connectivity index (χ0n) is 7.65. The standard InChI is InChI=1S/C8H4ClF2N3O2/c9-4-3-6(8(10)11)13-5(1-2-12)7(4)14(15)16/h3,8H,1H2. The quantitative estimate of drug-likeness (QED) is 0.607. The fourth-order valence-corrected chi connectivity index (χ4v) is 1.37. The smallest absolute Gasteiger partial charge is 0.258 e. The first-order valence-corrected chi connectivity index (χ1v) is 4.34. The van der Waals surface area contributed by atoms with Crippen LogP contribution in [0.2, 0.25) is 5.02 Å². The lowest BCUT2D eigenvalue weighted by Crippen LogP contribution is -2.02. The van der Waals surface area contributed by atoms with Crippen LogP contribution in [0.1, 0.15) is 17.8 Å². The number of nitro groups is 1. The molecular weight excluding hydrogens is 244 g/mol. The van der Waals surface area contributed by atoms with Crippen LogP contribution in [0, 0.1) is 21.4 Å². The van der Waals surface area contributed by atoms with Gasteiger partial charge in [-0.25, -0.2) is 13.8 Å². The van der Waals surface area contributed by atoms with E-state index in [1.165, 1.54) is 0 Å². The molecule has 16 heavy (non-hydrogen) atoms. The molecule has 0 aliphatic heterocycles. The predicted molar refractivity (Wildman–Crippen MR) is 50.2 cm³/mol. The van der Waals surface area contributed by atoms with Crippen LogP contribution in [0.5, 0.6) is 0 Å². The first-order chi connectivity index (χ1) is 7.47. The Balaban J connectivity index is 3.40. The molecule has 1 aromatic rings. The maximum atomic E-state index is 12.3. The summed E-state index contributed by atoms with van der Waals surface area (Å²) in [4.78, 5) is 13.1. The zero-order valence-corrected chi connectivity index (χ0v) is 8.41. The average molecular weight is 248 g/mol. The monoisotopic (exact) mass is 247 g/mol. The first-order valence-electron chi connectivity index (χ1n) is 3.96. The Labute approximate surface area is 93.4 Å². The van der Waals surface area contributed by atoms with Gasteiger partial charge in [0.05, 0.1) is 17.4 Å². The second kappa shape index (κ2) is 4.81. The van der Waals surface area contributed by atoms with Gasteiger partial charge in [-0.3, -0.25) is 10.1 Å². The van der Waals surface area contributed by atoms with Crippen molar-refractivity contribution in [1.29, 1.82) is 5.26 Å². The molecule has 0 saturated carbocycles. The van der Waals surface area contributed by atoms with E-state index in [2.05, 4.69) is 4.98 Å². The van der Waals surface area contributed by atoms with Gasteiger partial charge in [-0.2, -0.15) is 5.26 Å². The average Bonchev–Trinajstić information content (AvgIpc) is 2.16. The molecule has 0 spiro atoms. The van der Waals surface area contributed by atoms with E-state index >= 15 is 0 Å². The van der Waals surface area contributed by atoms with Gasteiger partial charge in [0, 0.05) is 0 Å². The molecule has 1 rings (SSSR count). The van der Waals surface area contributed by atoms with Gasteiger partial charge in [0.15, 0.2) is 0 Å². The zero-order chi connectivity index (χ0) is 12.3. The Morgan fingerprint density at radius 2 is 2.31 bits per heavy atom. The number of rotatable bonds is 3. The summed E-state index contributed by atoms with van der Waals surface area (Å²) in [5, 5.41) is 18.5. The van der Waals surface area contributed by atoms with Gasteiger partial charge in [-0.15, -0.1) is 0 Å². The molecule has 5 nitrogen and oxygen atoms in total. The lowest BCUT2D eigenvalue weighted by atomic mass is 10.2. The van der Waals surface area contributed by atoms with Crippen LogP contribution in [-0.2, 0) is 6.42 Å². The molecule has 84 valence electrons. The number of aromatic nitrogens is 1. The second-order valence-corrected chi connectivity index (χ2v) is 3.12. The van der Waals surface area contributed by atoms with Gasteiger partial charge >= 0.3 is 5.69 Å². The lowest BCUT2D eigenvalue weighted by Gasteiger charge is -2.04. The van der Waals surface area contributed by atoms with Crippen LogP contribution >= 0.6 is 11.6 Å². The Hall–Kier alpha value is -1.81. The van der Waals surface area contributed by atoms with E-state index in [1.807, 2.05) is 0 Å². The number of nitriles is 1. The Morgan fingerprint density at radius 3 is 2.75 bits per heavy atom. The van der Waals surface area contributed by atoms with Crippen molar-refractivity contribution in [3.05, 3.63) is 32.6 Å². The minimum Gasteiger partial charge on any atom is -0.258 e. The fourth-order valence-electron chi connectivity index (χ4n) is 1.08. The summed E-state index contributed by atoms with van der Waals surface area (Å²) in [5.41, 5.74) is -1.64. The lowest BCUT2D eigenvalue weighted by molar-refractivity contribution is -0.385. The van der Waals surface area contributed by atoms with Crippen LogP contribution in [0.3, 0.4) is 0 Å². The van der Waals surface area contributed by atoms with Crippen molar-refractivity contribution in [3.8, 4) is 6.07 Å². The SMILES string of the molecule is N#CCc1nc(C(F)F)cc(Cl)c1[N+](=O)[O-]. The van der Waals surface area contributed by atoms with Crippen molar-refractivity contribution in [2.45, 2.75) is 12.8 Å². The molecule has 1 aromatic heterocycles. The van der Waals surface area contributed by atoms with E-state index in [-0.39, 0.29) is 5.69 Å². The number of alkyl halides is 2. The number of nitrogens with zero attached hydrogens (tertiary/aromatic N) is 3. The van der Waals surface area contributed by atoms with Crippen molar-refractivity contribution in [1.82, 2.24) is 4.98 Å². The van der Waals surface area contributed by atoms with E-state index in [9.17, 15) is 18.9 Å². The molecule has 0 unspecified atom stereocenters. The van der Waals surface area contributed by atoms with Crippen LogP contribution in [-0.4, -0.2) is 9.91 Å².